The monoisotopic (exact) mass is 235 g/mol. The van der Waals surface area contributed by atoms with Gasteiger partial charge in [-0.3, -0.25) is 0 Å². The van der Waals surface area contributed by atoms with Gasteiger partial charge < -0.3 is 14.6 Å². The van der Waals surface area contributed by atoms with E-state index in [1.54, 1.807) is 7.11 Å². The van der Waals surface area contributed by atoms with Crippen molar-refractivity contribution in [3.05, 3.63) is 23.5 Å². The largest absolute Gasteiger partial charge is 0.383 e. The smallest absolute Gasteiger partial charge is 0.120 e. The number of nitrogens with one attached hydrogen (secondary N) is 1. The molecule has 4 nitrogen and oxygen atoms in total. The van der Waals surface area contributed by atoms with Crippen molar-refractivity contribution in [3.8, 4) is 6.07 Å². The molecule has 94 valence electrons. The summed E-state index contributed by atoms with van der Waals surface area (Å²) in [5.41, 5.74) is 1.82. The van der Waals surface area contributed by atoms with Crippen LogP contribution in [0.3, 0.4) is 0 Å². The Balaban J connectivity index is 2.56. The van der Waals surface area contributed by atoms with Gasteiger partial charge in [0.25, 0.3) is 0 Å². The highest BCUT2D eigenvalue weighted by molar-refractivity contribution is 5.28. The number of nitriles is 1. The van der Waals surface area contributed by atoms with Gasteiger partial charge in [0.1, 0.15) is 11.8 Å². The zero-order valence-corrected chi connectivity index (χ0v) is 11.0. The number of aromatic nitrogens is 1. The number of methoxy groups -OCH3 is 1. The first-order valence-electron chi connectivity index (χ1n) is 5.86. The molecule has 0 amide bonds. The van der Waals surface area contributed by atoms with Crippen LogP contribution < -0.4 is 5.32 Å². The summed E-state index contributed by atoms with van der Waals surface area (Å²) in [6.07, 6.45) is 1.98. The Labute approximate surface area is 103 Å². The van der Waals surface area contributed by atoms with Crippen molar-refractivity contribution in [2.75, 3.05) is 13.7 Å². The van der Waals surface area contributed by atoms with Gasteiger partial charge in [-0.05, 0) is 17.5 Å². The summed E-state index contributed by atoms with van der Waals surface area (Å²) >= 11 is 0. The topological polar surface area (TPSA) is 50.0 Å². The highest BCUT2D eigenvalue weighted by Gasteiger charge is 2.12. The molecule has 1 aromatic heterocycles. The van der Waals surface area contributed by atoms with Gasteiger partial charge in [-0.15, -0.1) is 0 Å². The first-order chi connectivity index (χ1) is 8.08. The number of hydrogen-bond acceptors (Lipinski definition) is 3. The lowest BCUT2D eigenvalue weighted by molar-refractivity contribution is 0.146. The predicted octanol–water partition coefficient (Wildman–Crippen LogP) is 1.66. The first kappa shape index (κ1) is 13.8. The molecule has 1 N–H and O–H groups in total. The van der Waals surface area contributed by atoms with Crippen LogP contribution in [0.2, 0.25) is 0 Å². The molecule has 0 fully saturated rings. The molecule has 0 bridgehead atoms. The number of rotatable bonds is 6. The summed E-state index contributed by atoms with van der Waals surface area (Å²) < 4.78 is 7.03. The SMILES string of the molecule is COCC(NCc1cc(C#N)n(C)c1)C(C)C. The Morgan fingerprint density at radius 2 is 2.24 bits per heavy atom. The van der Waals surface area contributed by atoms with Crippen LogP contribution in [0.15, 0.2) is 12.3 Å². The Kier molecular flexibility index (Phi) is 5.20. The summed E-state index contributed by atoms with van der Waals surface area (Å²) in [6.45, 7) is 5.81. The third-order valence-electron chi connectivity index (χ3n) is 2.90. The third-order valence-corrected chi connectivity index (χ3v) is 2.90. The summed E-state index contributed by atoms with van der Waals surface area (Å²) in [6, 6.07) is 4.41. The molecule has 17 heavy (non-hydrogen) atoms. The Morgan fingerprint density at radius 3 is 2.71 bits per heavy atom. The molecule has 1 rings (SSSR count). The summed E-state index contributed by atoms with van der Waals surface area (Å²) in [5, 5.41) is 12.3. The molecule has 0 aliphatic heterocycles. The van der Waals surface area contributed by atoms with Gasteiger partial charge in [0.05, 0.1) is 6.61 Å². The fourth-order valence-electron chi connectivity index (χ4n) is 1.76. The van der Waals surface area contributed by atoms with Crippen LogP contribution in [0.4, 0.5) is 0 Å². The van der Waals surface area contributed by atoms with Gasteiger partial charge in [0.15, 0.2) is 0 Å². The Hall–Kier alpha value is -1.31. The average molecular weight is 235 g/mol. The van der Waals surface area contributed by atoms with Gasteiger partial charge in [-0.1, -0.05) is 13.8 Å². The van der Waals surface area contributed by atoms with E-state index in [2.05, 4.69) is 25.2 Å². The molecule has 4 heteroatoms. The second-order valence-corrected chi connectivity index (χ2v) is 4.64. The number of hydrogen-bond donors (Lipinski definition) is 1. The van der Waals surface area contributed by atoms with Gasteiger partial charge in [-0.25, -0.2) is 0 Å². The fourth-order valence-corrected chi connectivity index (χ4v) is 1.76. The highest BCUT2D eigenvalue weighted by atomic mass is 16.5. The maximum atomic E-state index is 8.87. The van der Waals surface area contributed by atoms with E-state index in [9.17, 15) is 0 Å². The van der Waals surface area contributed by atoms with Crippen LogP contribution in [0.25, 0.3) is 0 Å². The van der Waals surface area contributed by atoms with Gasteiger partial charge in [0, 0.05) is 32.9 Å². The van der Waals surface area contributed by atoms with Crippen molar-refractivity contribution in [3.63, 3.8) is 0 Å². The van der Waals surface area contributed by atoms with E-state index < -0.39 is 0 Å². The summed E-state index contributed by atoms with van der Waals surface area (Å²) in [5.74, 6) is 0.522. The fraction of sp³-hybridized carbons (Fsp3) is 0.615. The molecule has 1 unspecified atom stereocenters. The van der Waals surface area contributed by atoms with Crippen LogP contribution in [0.1, 0.15) is 25.1 Å². The molecule has 0 aliphatic rings. The molecule has 0 radical (unpaired) electrons. The summed E-state index contributed by atoms with van der Waals surface area (Å²) in [7, 11) is 3.60. The van der Waals surface area contributed by atoms with E-state index in [0.717, 1.165) is 12.1 Å². The van der Waals surface area contributed by atoms with Crippen molar-refractivity contribution < 1.29 is 4.74 Å². The van der Waals surface area contributed by atoms with E-state index in [4.69, 9.17) is 10.00 Å². The van der Waals surface area contributed by atoms with Crippen molar-refractivity contribution in [2.24, 2.45) is 13.0 Å². The molecule has 0 saturated carbocycles. The van der Waals surface area contributed by atoms with E-state index >= 15 is 0 Å². The van der Waals surface area contributed by atoms with Crippen LogP contribution in [-0.2, 0) is 18.3 Å². The standard InChI is InChI=1S/C13H21N3O/c1-10(2)13(9-17-4)15-7-11-5-12(6-14)16(3)8-11/h5,8,10,13,15H,7,9H2,1-4H3. The van der Waals surface area contributed by atoms with E-state index in [1.807, 2.05) is 23.9 Å². The molecular formula is C13H21N3O. The van der Waals surface area contributed by atoms with Crippen LogP contribution in [0, 0.1) is 17.2 Å². The minimum atomic E-state index is 0.339. The zero-order valence-electron chi connectivity index (χ0n) is 11.0. The molecule has 1 heterocycles. The molecule has 1 aromatic rings. The first-order valence-corrected chi connectivity index (χ1v) is 5.86. The van der Waals surface area contributed by atoms with E-state index in [-0.39, 0.29) is 0 Å². The Bertz CT molecular complexity index is 390. The quantitative estimate of drug-likeness (QED) is 0.815. The molecular weight excluding hydrogens is 214 g/mol. The van der Waals surface area contributed by atoms with Crippen LogP contribution in [0.5, 0.6) is 0 Å². The highest BCUT2D eigenvalue weighted by Crippen LogP contribution is 2.08. The lowest BCUT2D eigenvalue weighted by Gasteiger charge is -2.21. The van der Waals surface area contributed by atoms with E-state index in [0.29, 0.717) is 24.3 Å². The van der Waals surface area contributed by atoms with Crippen LogP contribution >= 0.6 is 0 Å². The lowest BCUT2D eigenvalue weighted by atomic mass is 10.1. The maximum Gasteiger partial charge on any atom is 0.120 e. The number of aryl methyl sites for hydroxylation is 1. The molecule has 0 aromatic carbocycles. The van der Waals surface area contributed by atoms with Crippen molar-refractivity contribution in [2.45, 2.75) is 26.4 Å². The molecule has 1 atom stereocenters. The lowest BCUT2D eigenvalue weighted by Crippen LogP contribution is -2.37. The number of nitrogens with zero attached hydrogens (tertiary/aromatic N) is 2. The second-order valence-electron chi connectivity index (χ2n) is 4.64. The van der Waals surface area contributed by atoms with Gasteiger partial charge >= 0.3 is 0 Å². The third kappa shape index (κ3) is 3.88. The van der Waals surface area contributed by atoms with Crippen molar-refractivity contribution in [1.82, 2.24) is 9.88 Å². The summed E-state index contributed by atoms with van der Waals surface area (Å²) in [4.78, 5) is 0. The van der Waals surface area contributed by atoms with Crippen molar-refractivity contribution in [1.29, 1.82) is 5.26 Å². The second kappa shape index (κ2) is 6.43. The molecule has 0 saturated heterocycles. The zero-order chi connectivity index (χ0) is 12.8. The average Bonchev–Trinajstić information content (AvgIpc) is 2.64. The molecule has 0 spiro atoms. The van der Waals surface area contributed by atoms with Gasteiger partial charge in [-0.2, -0.15) is 5.26 Å². The van der Waals surface area contributed by atoms with E-state index in [1.165, 1.54) is 0 Å². The van der Waals surface area contributed by atoms with Gasteiger partial charge in [0.2, 0.25) is 0 Å². The number of ether oxygens (including phenoxy) is 1. The minimum absolute atomic E-state index is 0.339. The minimum Gasteiger partial charge on any atom is -0.383 e. The van der Waals surface area contributed by atoms with Crippen molar-refractivity contribution >= 4 is 0 Å². The normalized spacial score (nSPS) is 12.7. The van der Waals surface area contributed by atoms with Crippen LogP contribution in [-0.4, -0.2) is 24.3 Å². The Morgan fingerprint density at radius 1 is 1.53 bits per heavy atom. The predicted molar refractivity (Wildman–Crippen MR) is 67.5 cm³/mol. The maximum absolute atomic E-state index is 8.87. The molecule has 0 aliphatic carbocycles.